The molecular weight excluding hydrogens is 164 g/mol. The van der Waals surface area contributed by atoms with Crippen molar-refractivity contribution in [2.45, 2.75) is 30.6 Å². The fourth-order valence-corrected chi connectivity index (χ4v) is 2.36. The summed E-state index contributed by atoms with van der Waals surface area (Å²) in [7, 11) is 8.07. The largest absolute Gasteiger partial charge is 0.317 e. The van der Waals surface area contributed by atoms with Gasteiger partial charge in [-0.05, 0) is 41.0 Å². The van der Waals surface area contributed by atoms with Crippen molar-refractivity contribution < 1.29 is 0 Å². The molecule has 1 saturated carbocycles. The smallest absolute Gasteiger partial charge is 0.0855 e. The Kier molecular flexibility index (Phi) is 3.67. The SMILES string of the molecule is CNC1CC(NC)C(NC)(NC)C1. The van der Waals surface area contributed by atoms with Gasteiger partial charge < -0.3 is 21.3 Å². The van der Waals surface area contributed by atoms with E-state index in [4.69, 9.17) is 0 Å². The normalized spacial score (nSPS) is 32.3. The van der Waals surface area contributed by atoms with E-state index in [0.29, 0.717) is 12.1 Å². The summed E-state index contributed by atoms with van der Waals surface area (Å²) in [5, 5.41) is 13.4. The third kappa shape index (κ3) is 1.86. The zero-order valence-electron chi connectivity index (χ0n) is 9.07. The molecule has 0 aromatic rings. The van der Waals surface area contributed by atoms with Crippen LogP contribution in [0.15, 0.2) is 0 Å². The predicted molar refractivity (Wildman–Crippen MR) is 55.8 cm³/mol. The van der Waals surface area contributed by atoms with E-state index >= 15 is 0 Å². The molecule has 0 aromatic carbocycles. The van der Waals surface area contributed by atoms with E-state index in [1.165, 1.54) is 0 Å². The van der Waals surface area contributed by atoms with Crippen molar-refractivity contribution >= 4 is 0 Å². The first kappa shape index (κ1) is 10.9. The van der Waals surface area contributed by atoms with Crippen molar-refractivity contribution in [3.8, 4) is 0 Å². The number of rotatable bonds is 4. The van der Waals surface area contributed by atoms with Crippen LogP contribution in [-0.2, 0) is 0 Å². The third-order valence-corrected chi connectivity index (χ3v) is 3.33. The molecule has 78 valence electrons. The predicted octanol–water partition coefficient (Wildman–Crippen LogP) is -0.909. The Hall–Kier alpha value is -0.160. The van der Waals surface area contributed by atoms with E-state index in [0.717, 1.165) is 12.8 Å². The van der Waals surface area contributed by atoms with Gasteiger partial charge in [-0.1, -0.05) is 0 Å². The Bertz CT molecular complexity index is 156. The van der Waals surface area contributed by atoms with Crippen LogP contribution >= 0.6 is 0 Å². The summed E-state index contributed by atoms with van der Waals surface area (Å²) in [4.78, 5) is 0. The minimum atomic E-state index is 0.0441. The monoisotopic (exact) mass is 186 g/mol. The molecule has 0 amide bonds. The van der Waals surface area contributed by atoms with Crippen molar-refractivity contribution in [2.24, 2.45) is 0 Å². The fraction of sp³-hybridized carbons (Fsp3) is 1.00. The molecule has 2 atom stereocenters. The first-order valence-corrected chi connectivity index (χ1v) is 4.94. The van der Waals surface area contributed by atoms with Gasteiger partial charge in [-0.3, -0.25) is 0 Å². The van der Waals surface area contributed by atoms with Gasteiger partial charge in [0, 0.05) is 12.1 Å². The van der Waals surface area contributed by atoms with Crippen LogP contribution in [0.2, 0.25) is 0 Å². The number of likely N-dealkylation sites (N-methyl/N-ethyl adjacent to an activating group) is 3. The zero-order valence-corrected chi connectivity index (χ0v) is 9.07. The summed E-state index contributed by atoms with van der Waals surface area (Å²) in [5.41, 5.74) is 0.0441. The van der Waals surface area contributed by atoms with Gasteiger partial charge in [0.15, 0.2) is 0 Å². The number of nitrogens with one attached hydrogen (secondary N) is 4. The molecule has 1 aliphatic carbocycles. The Morgan fingerprint density at radius 1 is 1.00 bits per heavy atom. The van der Waals surface area contributed by atoms with E-state index in [1.54, 1.807) is 0 Å². The Balaban J connectivity index is 2.70. The maximum Gasteiger partial charge on any atom is 0.0855 e. The minimum Gasteiger partial charge on any atom is -0.317 e. The molecule has 0 heterocycles. The molecule has 1 aliphatic rings. The van der Waals surface area contributed by atoms with E-state index in [1.807, 2.05) is 28.2 Å². The third-order valence-electron chi connectivity index (χ3n) is 3.33. The van der Waals surface area contributed by atoms with Crippen LogP contribution in [0.5, 0.6) is 0 Å². The average Bonchev–Trinajstić information content (AvgIpc) is 2.56. The molecule has 0 spiro atoms. The maximum atomic E-state index is 3.38. The molecule has 0 aliphatic heterocycles. The molecule has 0 bridgehead atoms. The summed E-state index contributed by atoms with van der Waals surface area (Å²) in [6.45, 7) is 0. The number of hydrogen-bond acceptors (Lipinski definition) is 4. The van der Waals surface area contributed by atoms with Crippen molar-refractivity contribution in [3.05, 3.63) is 0 Å². The summed E-state index contributed by atoms with van der Waals surface area (Å²) in [6, 6.07) is 1.08. The second-order valence-corrected chi connectivity index (χ2v) is 3.74. The highest BCUT2D eigenvalue weighted by Gasteiger charge is 2.44. The minimum absolute atomic E-state index is 0.0441. The average molecular weight is 186 g/mol. The van der Waals surface area contributed by atoms with E-state index in [-0.39, 0.29) is 5.66 Å². The summed E-state index contributed by atoms with van der Waals surface area (Å²) in [5.74, 6) is 0. The lowest BCUT2D eigenvalue weighted by atomic mass is 10.1. The van der Waals surface area contributed by atoms with Gasteiger partial charge in [0.05, 0.1) is 5.66 Å². The lowest BCUT2D eigenvalue weighted by Gasteiger charge is -2.34. The first-order valence-electron chi connectivity index (χ1n) is 4.94. The standard InChI is InChI=1S/C9H22N4/c1-10-7-5-8(11-2)9(6-7,12-3)13-4/h7-8,10-13H,5-6H2,1-4H3. The second kappa shape index (κ2) is 4.37. The molecule has 0 saturated heterocycles. The van der Waals surface area contributed by atoms with Crippen molar-refractivity contribution in [1.82, 2.24) is 21.3 Å². The van der Waals surface area contributed by atoms with Crippen molar-refractivity contribution in [3.63, 3.8) is 0 Å². The molecule has 4 nitrogen and oxygen atoms in total. The topological polar surface area (TPSA) is 48.1 Å². The van der Waals surface area contributed by atoms with Crippen molar-refractivity contribution in [2.75, 3.05) is 28.2 Å². The Labute approximate surface area is 80.9 Å². The van der Waals surface area contributed by atoms with E-state index in [9.17, 15) is 0 Å². The van der Waals surface area contributed by atoms with Crippen LogP contribution in [0.1, 0.15) is 12.8 Å². The van der Waals surface area contributed by atoms with Crippen LogP contribution in [0, 0.1) is 0 Å². The summed E-state index contributed by atoms with van der Waals surface area (Å²) >= 11 is 0. The van der Waals surface area contributed by atoms with Crippen LogP contribution in [0.3, 0.4) is 0 Å². The van der Waals surface area contributed by atoms with Crippen molar-refractivity contribution in [1.29, 1.82) is 0 Å². The van der Waals surface area contributed by atoms with Crippen LogP contribution in [0.25, 0.3) is 0 Å². The lowest BCUT2D eigenvalue weighted by molar-refractivity contribution is 0.245. The number of hydrogen-bond donors (Lipinski definition) is 4. The van der Waals surface area contributed by atoms with E-state index < -0.39 is 0 Å². The quantitative estimate of drug-likeness (QED) is 0.429. The highest BCUT2D eigenvalue weighted by molar-refractivity contribution is 5.05. The highest BCUT2D eigenvalue weighted by atomic mass is 15.2. The molecule has 4 heteroatoms. The molecule has 1 rings (SSSR count). The molecule has 0 aromatic heterocycles. The summed E-state index contributed by atoms with van der Waals surface area (Å²) < 4.78 is 0. The van der Waals surface area contributed by atoms with Gasteiger partial charge in [-0.25, -0.2) is 0 Å². The van der Waals surface area contributed by atoms with Crippen LogP contribution < -0.4 is 21.3 Å². The van der Waals surface area contributed by atoms with Gasteiger partial charge in [0.1, 0.15) is 0 Å². The zero-order chi connectivity index (χ0) is 9.90. The fourth-order valence-electron chi connectivity index (χ4n) is 2.36. The van der Waals surface area contributed by atoms with Gasteiger partial charge in [0.2, 0.25) is 0 Å². The Morgan fingerprint density at radius 3 is 1.92 bits per heavy atom. The molecule has 2 unspecified atom stereocenters. The van der Waals surface area contributed by atoms with Gasteiger partial charge in [0.25, 0.3) is 0 Å². The van der Waals surface area contributed by atoms with Gasteiger partial charge in [-0.2, -0.15) is 0 Å². The second-order valence-electron chi connectivity index (χ2n) is 3.74. The first-order chi connectivity index (χ1) is 6.22. The maximum absolute atomic E-state index is 3.38. The Morgan fingerprint density at radius 2 is 1.62 bits per heavy atom. The highest BCUT2D eigenvalue weighted by Crippen LogP contribution is 2.27. The lowest BCUT2D eigenvalue weighted by Crippen LogP contribution is -2.62. The molecule has 0 radical (unpaired) electrons. The van der Waals surface area contributed by atoms with Gasteiger partial charge in [-0.15, -0.1) is 0 Å². The molecular formula is C9H22N4. The molecule has 1 fully saturated rings. The summed E-state index contributed by atoms with van der Waals surface area (Å²) in [6.07, 6.45) is 2.27. The molecule has 4 N–H and O–H groups in total. The van der Waals surface area contributed by atoms with Crippen LogP contribution in [0.4, 0.5) is 0 Å². The van der Waals surface area contributed by atoms with Crippen LogP contribution in [-0.4, -0.2) is 45.9 Å². The molecule has 13 heavy (non-hydrogen) atoms. The van der Waals surface area contributed by atoms with Gasteiger partial charge >= 0.3 is 0 Å². The van der Waals surface area contributed by atoms with E-state index in [2.05, 4.69) is 21.3 Å².